The van der Waals surface area contributed by atoms with Crippen LogP contribution in [-0.2, 0) is 30.9 Å². The first-order valence-corrected chi connectivity index (χ1v) is 12.5. The number of ether oxygens (including phenoxy) is 2. The molecule has 0 N–H and O–H groups in total. The van der Waals surface area contributed by atoms with Crippen molar-refractivity contribution < 1.29 is 31.9 Å². The van der Waals surface area contributed by atoms with Gasteiger partial charge in [0.15, 0.2) is 5.75 Å². The van der Waals surface area contributed by atoms with Crippen LogP contribution >= 0.6 is 0 Å². The predicted molar refractivity (Wildman–Crippen MR) is 125 cm³/mol. The van der Waals surface area contributed by atoms with Gasteiger partial charge < -0.3 is 14.4 Å². The monoisotopic (exact) mass is 503 g/mol. The van der Waals surface area contributed by atoms with Crippen LogP contribution < -0.4 is 4.31 Å². The number of benzene rings is 2. The number of carbonyl (C=O) groups is 2. The number of likely N-dealkylation sites (tertiary alicyclic amines) is 1. The third-order valence-corrected chi connectivity index (χ3v) is 7.53. The van der Waals surface area contributed by atoms with E-state index in [1.54, 1.807) is 6.92 Å². The van der Waals surface area contributed by atoms with E-state index in [9.17, 15) is 27.7 Å². The summed E-state index contributed by atoms with van der Waals surface area (Å²) in [7, 11) is -3.40. The lowest BCUT2D eigenvalue weighted by molar-refractivity contribution is -0.137. The van der Waals surface area contributed by atoms with E-state index in [2.05, 4.69) is 10.8 Å². The summed E-state index contributed by atoms with van der Waals surface area (Å²) in [5.41, 5.74) is -0.957. The SMILES string of the molecule is COC(=O)CS(=O)(=O)N(c1cccc(F)c1)C1(C#N)CCN(C(=O)OCc2ccccc2)C(C)C1. The highest BCUT2D eigenvalue weighted by Crippen LogP contribution is 2.38. The molecule has 0 aromatic heterocycles. The number of esters is 1. The van der Waals surface area contributed by atoms with Crippen LogP contribution in [-0.4, -0.2) is 56.4 Å². The first-order valence-electron chi connectivity index (χ1n) is 10.9. The average Bonchev–Trinajstić information content (AvgIpc) is 2.83. The summed E-state index contributed by atoms with van der Waals surface area (Å²) in [5.74, 6) is -2.75. The molecule has 0 bridgehead atoms. The molecule has 35 heavy (non-hydrogen) atoms. The third kappa shape index (κ3) is 5.89. The van der Waals surface area contributed by atoms with Gasteiger partial charge >= 0.3 is 12.1 Å². The summed E-state index contributed by atoms with van der Waals surface area (Å²) in [6.45, 7) is 1.75. The minimum atomic E-state index is -4.45. The molecule has 2 aromatic carbocycles. The average molecular weight is 504 g/mol. The molecule has 0 aliphatic carbocycles. The highest BCUT2D eigenvalue weighted by molar-refractivity contribution is 7.93. The van der Waals surface area contributed by atoms with Crippen LogP contribution in [0.3, 0.4) is 0 Å². The van der Waals surface area contributed by atoms with Gasteiger partial charge in [0.25, 0.3) is 0 Å². The van der Waals surface area contributed by atoms with Crippen molar-refractivity contribution in [2.75, 3.05) is 23.7 Å². The lowest BCUT2D eigenvalue weighted by Gasteiger charge is -2.46. The molecule has 2 atom stereocenters. The van der Waals surface area contributed by atoms with Gasteiger partial charge in [-0.25, -0.2) is 21.9 Å². The van der Waals surface area contributed by atoms with Crippen molar-refractivity contribution in [1.82, 2.24) is 4.90 Å². The molecule has 3 rings (SSSR count). The minimum absolute atomic E-state index is 0.0158. The Morgan fingerprint density at radius 3 is 2.54 bits per heavy atom. The number of hydrogen-bond donors (Lipinski definition) is 0. The number of methoxy groups -OCH3 is 1. The maximum Gasteiger partial charge on any atom is 0.410 e. The fourth-order valence-electron chi connectivity index (χ4n) is 4.18. The number of nitrogens with zero attached hydrogens (tertiary/aromatic N) is 3. The fourth-order valence-corrected chi connectivity index (χ4v) is 5.90. The number of halogens is 1. The topological polar surface area (TPSA) is 117 Å². The van der Waals surface area contributed by atoms with E-state index in [-0.39, 0.29) is 31.7 Å². The Morgan fingerprint density at radius 1 is 1.23 bits per heavy atom. The summed E-state index contributed by atoms with van der Waals surface area (Å²) < 4.78 is 51.4. The summed E-state index contributed by atoms with van der Waals surface area (Å²) in [5, 5.41) is 10.2. The van der Waals surface area contributed by atoms with E-state index in [0.29, 0.717) is 0 Å². The van der Waals surface area contributed by atoms with Crippen LogP contribution in [0.15, 0.2) is 54.6 Å². The van der Waals surface area contributed by atoms with E-state index in [1.807, 2.05) is 30.3 Å². The van der Waals surface area contributed by atoms with Crippen LogP contribution in [0.1, 0.15) is 25.3 Å². The normalized spacial score (nSPS) is 19.9. The zero-order valence-electron chi connectivity index (χ0n) is 19.4. The Bertz CT molecular complexity index is 1220. The van der Waals surface area contributed by atoms with E-state index in [1.165, 1.54) is 17.0 Å². The zero-order chi connectivity index (χ0) is 25.6. The van der Waals surface area contributed by atoms with Crippen LogP contribution in [0.25, 0.3) is 0 Å². The van der Waals surface area contributed by atoms with Gasteiger partial charge in [-0.05, 0) is 30.7 Å². The van der Waals surface area contributed by atoms with Crippen molar-refractivity contribution in [2.45, 2.75) is 38.0 Å². The number of piperidine rings is 1. The molecule has 0 radical (unpaired) electrons. The molecular formula is C24H26FN3O6S. The van der Waals surface area contributed by atoms with Gasteiger partial charge in [0.2, 0.25) is 10.0 Å². The van der Waals surface area contributed by atoms with Crippen molar-refractivity contribution in [2.24, 2.45) is 0 Å². The first kappa shape index (κ1) is 26.0. The maximum atomic E-state index is 14.0. The van der Waals surface area contributed by atoms with Crippen LogP contribution in [0, 0.1) is 17.1 Å². The van der Waals surface area contributed by atoms with Gasteiger partial charge in [0, 0.05) is 25.4 Å². The van der Waals surface area contributed by atoms with Gasteiger partial charge in [-0.3, -0.25) is 4.79 Å². The van der Waals surface area contributed by atoms with Crippen LogP contribution in [0.4, 0.5) is 14.9 Å². The lowest BCUT2D eigenvalue weighted by Crippen LogP contribution is -2.61. The quantitative estimate of drug-likeness (QED) is 0.533. The maximum absolute atomic E-state index is 14.0. The van der Waals surface area contributed by atoms with E-state index in [0.717, 1.165) is 29.1 Å². The molecule has 2 unspecified atom stereocenters. The number of rotatable bonds is 7. The number of amides is 1. The van der Waals surface area contributed by atoms with E-state index < -0.39 is 45.2 Å². The van der Waals surface area contributed by atoms with Crippen LogP contribution in [0.5, 0.6) is 0 Å². The molecule has 1 saturated heterocycles. The minimum Gasteiger partial charge on any atom is -0.468 e. The molecule has 9 nitrogen and oxygen atoms in total. The van der Waals surface area contributed by atoms with Crippen molar-refractivity contribution >= 4 is 27.8 Å². The molecule has 1 amide bonds. The Kier molecular flexibility index (Phi) is 7.96. The largest absolute Gasteiger partial charge is 0.468 e. The Hall–Kier alpha value is -3.65. The van der Waals surface area contributed by atoms with E-state index >= 15 is 0 Å². The second-order valence-electron chi connectivity index (χ2n) is 8.26. The second-order valence-corrected chi connectivity index (χ2v) is 10.1. The molecule has 1 heterocycles. The number of anilines is 1. The third-order valence-electron chi connectivity index (χ3n) is 5.82. The summed E-state index contributed by atoms with van der Waals surface area (Å²) in [6.07, 6.45) is -0.755. The molecule has 0 saturated carbocycles. The van der Waals surface area contributed by atoms with Gasteiger partial charge in [0.1, 0.15) is 18.0 Å². The number of hydrogen-bond acceptors (Lipinski definition) is 7. The molecular weight excluding hydrogens is 477 g/mol. The van der Waals surface area contributed by atoms with Gasteiger partial charge in [-0.1, -0.05) is 36.4 Å². The zero-order valence-corrected chi connectivity index (χ0v) is 20.2. The Labute approximate surface area is 203 Å². The fraction of sp³-hybridized carbons (Fsp3) is 0.375. The molecule has 1 aliphatic heterocycles. The van der Waals surface area contributed by atoms with Gasteiger partial charge in [-0.15, -0.1) is 0 Å². The number of nitriles is 1. The highest BCUT2D eigenvalue weighted by Gasteiger charge is 2.50. The Balaban J connectivity index is 1.88. The van der Waals surface area contributed by atoms with Crippen molar-refractivity contribution in [3.05, 3.63) is 66.0 Å². The smallest absolute Gasteiger partial charge is 0.410 e. The number of carbonyl (C=O) groups excluding carboxylic acids is 2. The first-order chi connectivity index (χ1) is 16.6. The highest BCUT2D eigenvalue weighted by atomic mass is 32.2. The molecule has 1 aliphatic rings. The molecule has 2 aromatic rings. The standard InChI is InChI=1S/C24H26FN3O6S/c1-18-14-24(17-26,11-12-27(18)23(30)34-15-19-7-4-3-5-8-19)28(21-10-6-9-20(25)13-21)35(31,32)16-22(29)33-2/h3-10,13,18H,11-12,14-16H2,1-2H3. The van der Waals surface area contributed by atoms with E-state index in [4.69, 9.17) is 4.74 Å². The van der Waals surface area contributed by atoms with Crippen molar-refractivity contribution in [1.29, 1.82) is 5.26 Å². The molecule has 11 heteroatoms. The lowest BCUT2D eigenvalue weighted by atomic mass is 9.84. The van der Waals surface area contributed by atoms with Gasteiger partial charge in [-0.2, -0.15) is 5.26 Å². The Morgan fingerprint density at radius 2 is 1.94 bits per heavy atom. The van der Waals surface area contributed by atoms with Gasteiger partial charge in [0.05, 0.1) is 18.9 Å². The summed E-state index contributed by atoms with van der Waals surface area (Å²) >= 11 is 0. The number of sulfonamides is 1. The van der Waals surface area contributed by atoms with Crippen molar-refractivity contribution in [3.63, 3.8) is 0 Å². The molecule has 186 valence electrons. The van der Waals surface area contributed by atoms with Crippen LogP contribution in [0.2, 0.25) is 0 Å². The summed E-state index contributed by atoms with van der Waals surface area (Å²) in [6, 6.07) is 15.4. The predicted octanol–water partition coefficient (Wildman–Crippen LogP) is 3.22. The molecule has 1 fully saturated rings. The summed E-state index contributed by atoms with van der Waals surface area (Å²) in [4.78, 5) is 26.0. The van der Waals surface area contributed by atoms with Crippen molar-refractivity contribution in [3.8, 4) is 6.07 Å². The second kappa shape index (κ2) is 10.7. The molecule has 0 spiro atoms.